The Hall–Kier alpha value is -4.86. The van der Waals surface area contributed by atoms with Gasteiger partial charge in [0.05, 0.1) is 13.2 Å². The molecule has 9 nitrogen and oxygen atoms in total. The molecule has 1 unspecified atom stereocenters. The summed E-state index contributed by atoms with van der Waals surface area (Å²) >= 11 is 0. The van der Waals surface area contributed by atoms with Gasteiger partial charge in [0.1, 0.15) is 12.4 Å². The zero-order valence-corrected chi connectivity index (χ0v) is 30.3. The Morgan fingerprint density at radius 1 is 0.922 bits per heavy atom. The van der Waals surface area contributed by atoms with Gasteiger partial charge >= 0.3 is 0 Å². The number of aliphatic hydroxyl groups is 1. The van der Waals surface area contributed by atoms with Crippen LogP contribution in [0.3, 0.4) is 0 Å². The Morgan fingerprint density at radius 3 is 2.41 bits per heavy atom. The molecule has 9 heteroatoms. The highest BCUT2D eigenvalue weighted by molar-refractivity contribution is 6.07. The van der Waals surface area contributed by atoms with Crippen LogP contribution in [0, 0.1) is 11.1 Å². The first-order chi connectivity index (χ1) is 24.8. The van der Waals surface area contributed by atoms with E-state index in [-0.39, 0.29) is 11.6 Å². The van der Waals surface area contributed by atoms with E-state index in [0.29, 0.717) is 59.5 Å². The van der Waals surface area contributed by atoms with Gasteiger partial charge in [-0.1, -0.05) is 64.4 Å². The fraction of sp³-hybridized carbons (Fsp3) is 0.381. The first-order valence-corrected chi connectivity index (χ1v) is 18.1. The molecule has 0 bridgehead atoms. The van der Waals surface area contributed by atoms with Crippen molar-refractivity contribution in [3.05, 3.63) is 113 Å². The zero-order chi connectivity index (χ0) is 36.2. The maximum atomic E-state index is 13.7. The number of aliphatic hydroxyl groups excluding tert-OH is 1. The molecule has 1 aliphatic heterocycles. The fourth-order valence-corrected chi connectivity index (χ4v) is 6.08. The predicted octanol–water partition coefficient (Wildman–Crippen LogP) is 7.94. The standard InChI is InChI=1S/C42H51N3O6/c1-5-7-24-49-25-26-50-37-17-12-31(13-18-37)33-14-19-38-35(27-33)28-34(20-22-44(38)29-30(3)4)42(47)43-36-15-10-32(11-16-36)41(46)40-39(51-23-6-2)9-8-21-45(40)48/h8-19,21,27-28,30,41,46H,5-7,20,22-26,29H2,1-4H3,(H,43,47). The van der Waals surface area contributed by atoms with Crippen molar-refractivity contribution >= 4 is 23.4 Å². The van der Waals surface area contributed by atoms with E-state index >= 15 is 0 Å². The highest BCUT2D eigenvalue weighted by Crippen LogP contribution is 2.34. The highest BCUT2D eigenvalue weighted by atomic mass is 16.5. The maximum Gasteiger partial charge on any atom is 0.268 e. The number of aromatic nitrogens is 1. The molecule has 1 aliphatic rings. The van der Waals surface area contributed by atoms with Gasteiger partial charge in [0.25, 0.3) is 11.6 Å². The minimum atomic E-state index is -1.19. The van der Waals surface area contributed by atoms with E-state index in [9.17, 15) is 15.1 Å². The number of anilines is 2. The molecule has 1 aromatic heterocycles. The molecule has 0 saturated heterocycles. The van der Waals surface area contributed by atoms with Crippen molar-refractivity contribution in [3.8, 4) is 22.6 Å². The lowest BCUT2D eigenvalue weighted by atomic mass is 10.00. The number of amides is 1. The van der Waals surface area contributed by atoms with Crippen molar-refractivity contribution in [2.75, 3.05) is 49.7 Å². The zero-order valence-electron chi connectivity index (χ0n) is 30.3. The summed E-state index contributed by atoms with van der Waals surface area (Å²) in [5.74, 6) is 1.42. The number of hydrogen-bond donors (Lipinski definition) is 2. The van der Waals surface area contributed by atoms with Crippen LogP contribution in [0.2, 0.25) is 0 Å². The summed E-state index contributed by atoms with van der Waals surface area (Å²) in [5, 5.41) is 26.7. The van der Waals surface area contributed by atoms with Crippen molar-refractivity contribution in [2.45, 2.75) is 59.5 Å². The Balaban J connectivity index is 1.31. The molecule has 0 radical (unpaired) electrons. The molecule has 0 spiro atoms. The number of nitrogens with zero attached hydrogens (tertiary/aromatic N) is 2. The van der Waals surface area contributed by atoms with E-state index in [2.05, 4.69) is 61.3 Å². The second-order valence-corrected chi connectivity index (χ2v) is 13.3. The summed E-state index contributed by atoms with van der Waals surface area (Å²) in [5.41, 5.74) is 6.14. The molecule has 0 fully saturated rings. The second kappa shape index (κ2) is 18.4. The Morgan fingerprint density at radius 2 is 1.69 bits per heavy atom. The summed E-state index contributed by atoms with van der Waals surface area (Å²) in [6.07, 6.45) is 5.69. The molecule has 2 heterocycles. The average Bonchev–Trinajstić information content (AvgIpc) is 3.31. The monoisotopic (exact) mass is 693 g/mol. The van der Waals surface area contributed by atoms with Gasteiger partial charge in [0, 0.05) is 42.7 Å². The third-order valence-electron chi connectivity index (χ3n) is 8.72. The van der Waals surface area contributed by atoms with Gasteiger partial charge in [-0.25, -0.2) is 0 Å². The number of fused-ring (bicyclic) bond motifs is 1. The summed E-state index contributed by atoms with van der Waals surface area (Å²) in [7, 11) is 0. The van der Waals surface area contributed by atoms with Crippen LogP contribution < -0.4 is 24.4 Å². The van der Waals surface area contributed by atoms with Crippen LogP contribution in [-0.2, 0) is 9.53 Å². The van der Waals surface area contributed by atoms with Gasteiger partial charge in [-0.3, -0.25) is 4.79 Å². The van der Waals surface area contributed by atoms with Crippen LogP contribution in [0.1, 0.15) is 76.3 Å². The smallest absolute Gasteiger partial charge is 0.268 e. The third-order valence-corrected chi connectivity index (χ3v) is 8.72. The number of nitrogens with one attached hydrogen (secondary N) is 1. The number of rotatable bonds is 17. The molecule has 0 saturated carbocycles. The largest absolute Gasteiger partial charge is 0.618 e. The fourth-order valence-electron chi connectivity index (χ4n) is 6.08. The molecule has 4 aromatic rings. The van der Waals surface area contributed by atoms with Crippen molar-refractivity contribution < 1.29 is 28.8 Å². The lowest BCUT2D eigenvalue weighted by Gasteiger charge is -2.27. The minimum absolute atomic E-state index is 0.128. The van der Waals surface area contributed by atoms with Gasteiger partial charge < -0.3 is 34.7 Å². The van der Waals surface area contributed by atoms with Gasteiger partial charge in [-0.15, -0.1) is 0 Å². The number of hydrogen-bond acceptors (Lipinski definition) is 7. The first-order valence-electron chi connectivity index (χ1n) is 18.1. The SMILES string of the molecule is CCCCOCCOc1ccc(-c2ccc3c(c2)C=C(C(=O)Nc2ccc(C(O)c4c(OCCC)ccc[n+]4[O-])cc2)CCN3CC(C)C)cc1. The van der Waals surface area contributed by atoms with Crippen LogP contribution in [0.15, 0.2) is 90.6 Å². The average molecular weight is 694 g/mol. The molecular weight excluding hydrogens is 642 g/mol. The topological polar surface area (TPSA) is 107 Å². The van der Waals surface area contributed by atoms with Gasteiger partial charge in [-0.2, -0.15) is 4.73 Å². The Kier molecular flexibility index (Phi) is 13.5. The van der Waals surface area contributed by atoms with E-state index in [0.717, 1.165) is 67.1 Å². The van der Waals surface area contributed by atoms with Crippen LogP contribution >= 0.6 is 0 Å². The van der Waals surface area contributed by atoms with Gasteiger partial charge in [0.15, 0.2) is 18.1 Å². The number of ether oxygens (including phenoxy) is 3. The molecule has 1 atom stereocenters. The lowest BCUT2D eigenvalue weighted by Crippen LogP contribution is -2.34. The van der Waals surface area contributed by atoms with E-state index < -0.39 is 6.10 Å². The maximum absolute atomic E-state index is 13.7. The molecule has 51 heavy (non-hydrogen) atoms. The number of carbonyl (C=O) groups is 1. The van der Waals surface area contributed by atoms with E-state index in [1.165, 1.54) is 6.20 Å². The summed E-state index contributed by atoms with van der Waals surface area (Å²) in [6.45, 7) is 12.4. The quantitative estimate of drug-likeness (QED) is 0.0657. The van der Waals surface area contributed by atoms with Crippen LogP contribution in [-0.4, -0.2) is 50.5 Å². The third kappa shape index (κ3) is 10.1. The number of unbranched alkanes of at least 4 members (excludes halogenated alkanes) is 1. The predicted molar refractivity (Wildman–Crippen MR) is 203 cm³/mol. The van der Waals surface area contributed by atoms with Crippen LogP contribution in [0.25, 0.3) is 17.2 Å². The molecule has 2 N–H and O–H groups in total. The van der Waals surface area contributed by atoms with E-state index in [4.69, 9.17) is 14.2 Å². The van der Waals surface area contributed by atoms with Crippen molar-refractivity contribution in [2.24, 2.45) is 5.92 Å². The second-order valence-electron chi connectivity index (χ2n) is 13.3. The summed E-state index contributed by atoms with van der Waals surface area (Å²) in [6, 6.07) is 24.7. The molecule has 1 amide bonds. The van der Waals surface area contributed by atoms with Crippen LogP contribution in [0.5, 0.6) is 11.5 Å². The van der Waals surface area contributed by atoms with Crippen molar-refractivity contribution in [3.63, 3.8) is 0 Å². The molecule has 5 rings (SSSR count). The number of carbonyl (C=O) groups excluding carboxylic acids is 1. The normalized spacial score (nSPS) is 13.3. The minimum Gasteiger partial charge on any atom is -0.618 e. The van der Waals surface area contributed by atoms with E-state index in [1.807, 2.05) is 25.1 Å². The van der Waals surface area contributed by atoms with Gasteiger partial charge in [0.2, 0.25) is 0 Å². The lowest BCUT2D eigenvalue weighted by molar-refractivity contribution is -0.618. The molecular formula is C42H51N3O6. The summed E-state index contributed by atoms with van der Waals surface area (Å²) in [4.78, 5) is 16.1. The molecule has 3 aromatic carbocycles. The van der Waals surface area contributed by atoms with Crippen molar-refractivity contribution in [1.82, 2.24) is 0 Å². The molecule has 270 valence electrons. The molecule has 0 aliphatic carbocycles. The summed E-state index contributed by atoms with van der Waals surface area (Å²) < 4.78 is 17.8. The Labute approximate surface area is 302 Å². The first kappa shape index (κ1) is 37.4. The van der Waals surface area contributed by atoms with Gasteiger partial charge in [-0.05, 0) is 96.0 Å². The Bertz CT molecular complexity index is 1750. The van der Waals surface area contributed by atoms with E-state index in [1.54, 1.807) is 36.4 Å². The van der Waals surface area contributed by atoms with Crippen LogP contribution in [0.4, 0.5) is 11.4 Å². The highest BCUT2D eigenvalue weighted by Gasteiger charge is 2.26. The number of pyridine rings is 1. The number of benzene rings is 3. The van der Waals surface area contributed by atoms with Crippen molar-refractivity contribution in [1.29, 1.82) is 0 Å².